The van der Waals surface area contributed by atoms with E-state index in [2.05, 4.69) is 10.6 Å². The number of urea groups is 1. The maximum Gasteiger partial charge on any atom is 0.338 e. The van der Waals surface area contributed by atoms with Crippen molar-refractivity contribution in [2.45, 2.75) is 53.0 Å². The van der Waals surface area contributed by atoms with Crippen LogP contribution in [0, 0.1) is 13.8 Å². The molecule has 2 N–H and O–H groups in total. The number of carbonyl (C=O) groups excluding carboxylic acids is 4. The number of hydrogen-bond acceptors (Lipinski definition) is 6. The highest BCUT2D eigenvalue weighted by Crippen LogP contribution is 2.18. The molecule has 0 spiro atoms. The summed E-state index contributed by atoms with van der Waals surface area (Å²) in [5, 5.41) is 5.16. The standard InChI is InChI=1S/C22H28N2O6/c1-5-16-20(21(27)29-6-2)17(24-22(28)23-16)12-30-19(26)10-9-18(25)15-8-7-13(3)14(4)11-15/h7-8,11,16H,5-6,9-10,12H2,1-4H3,(H2,23,24,28)/t16-/m0/s1. The molecule has 0 unspecified atom stereocenters. The highest BCUT2D eigenvalue weighted by atomic mass is 16.5. The summed E-state index contributed by atoms with van der Waals surface area (Å²) in [6.07, 6.45) is 0.386. The van der Waals surface area contributed by atoms with Crippen LogP contribution in [0.4, 0.5) is 4.79 Å². The van der Waals surface area contributed by atoms with E-state index in [0.29, 0.717) is 12.0 Å². The van der Waals surface area contributed by atoms with Gasteiger partial charge in [-0.1, -0.05) is 19.1 Å². The Kier molecular flexibility index (Phi) is 8.15. The van der Waals surface area contributed by atoms with Crippen molar-refractivity contribution in [3.05, 3.63) is 46.2 Å². The Morgan fingerprint density at radius 2 is 1.77 bits per heavy atom. The predicted octanol–water partition coefficient (Wildman–Crippen LogP) is 2.72. The first-order valence-electron chi connectivity index (χ1n) is 10.0. The summed E-state index contributed by atoms with van der Waals surface area (Å²) in [6, 6.07) is 4.40. The van der Waals surface area contributed by atoms with E-state index in [4.69, 9.17) is 9.47 Å². The second kappa shape index (κ2) is 10.6. The Labute approximate surface area is 176 Å². The van der Waals surface area contributed by atoms with Crippen molar-refractivity contribution in [3.63, 3.8) is 0 Å². The highest BCUT2D eigenvalue weighted by Gasteiger charge is 2.32. The van der Waals surface area contributed by atoms with E-state index in [-0.39, 0.29) is 43.1 Å². The molecule has 0 radical (unpaired) electrons. The van der Waals surface area contributed by atoms with Gasteiger partial charge in [0.25, 0.3) is 0 Å². The van der Waals surface area contributed by atoms with Gasteiger partial charge in [-0.15, -0.1) is 0 Å². The molecule has 8 nitrogen and oxygen atoms in total. The van der Waals surface area contributed by atoms with Gasteiger partial charge in [0, 0.05) is 12.0 Å². The maximum absolute atomic E-state index is 12.3. The Morgan fingerprint density at radius 1 is 1.03 bits per heavy atom. The minimum absolute atomic E-state index is 0.0105. The second-order valence-corrected chi connectivity index (χ2v) is 7.05. The third kappa shape index (κ3) is 5.92. The molecule has 1 aromatic rings. The molecule has 0 saturated heterocycles. The van der Waals surface area contributed by atoms with Crippen LogP contribution in [0.25, 0.3) is 0 Å². The number of Topliss-reactive ketones (excluding diaryl/α,β-unsaturated/α-hetero) is 1. The molecule has 0 saturated carbocycles. The molecule has 30 heavy (non-hydrogen) atoms. The lowest BCUT2D eigenvalue weighted by Gasteiger charge is -2.28. The fraction of sp³-hybridized carbons (Fsp3) is 0.455. The average Bonchev–Trinajstić information content (AvgIpc) is 2.71. The molecule has 0 fully saturated rings. The van der Waals surface area contributed by atoms with E-state index >= 15 is 0 Å². The average molecular weight is 416 g/mol. The summed E-state index contributed by atoms with van der Waals surface area (Å²) in [7, 11) is 0. The van der Waals surface area contributed by atoms with Gasteiger partial charge < -0.3 is 20.1 Å². The van der Waals surface area contributed by atoms with E-state index in [1.54, 1.807) is 19.1 Å². The SMILES string of the molecule is CCOC(=O)C1=C(COC(=O)CCC(=O)c2ccc(C)c(C)c2)NC(=O)N[C@H]1CC. The van der Waals surface area contributed by atoms with Gasteiger partial charge in [-0.05, 0) is 44.4 Å². The van der Waals surface area contributed by atoms with Crippen LogP contribution < -0.4 is 10.6 Å². The zero-order chi connectivity index (χ0) is 22.3. The molecular formula is C22H28N2O6. The molecule has 1 heterocycles. The quantitative estimate of drug-likeness (QED) is 0.473. The molecule has 1 atom stereocenters. The fourth-order valence-corrected chi connectivity index (χ4v) is 3.08. The summed E-state index contributed by atoms with van der Waals surface area (Å²) in [5.74, 6) is -1.32. The van der Waals surface area contributed by atoms with Crippen LogP contribution in [0.1, 0.15) is 54.6 Å². The van der Waals surface area contributed by atoms with Gasteiger partial charge >= 0.3 is 18.0 Å². The third-order valence-electron chi connectivity index (χ3n) is 4.91. The number of benzene rings is 1. The molecule has 1 aliphatic heterocycles. The Hall–Kier alpha value is -3.16. The maximum atomic E-state index is 12.3. The smallest absolute Gasteiger partial charge is 0.338 e. The van der Waals surface area contributed by atoms with Crippen molar-refractivity contribution in [2.75, 3.05) is 13.2 Å². The molecular weight excluding hydrogens is 388 g/mol. The van der Waals surface area contributed by atoms with Crippen molar-refractivity contribution >= 4 is 23.8 Å². The zero-order valence-electron chi connectivity index (χ0n) is 17.8. The summed E-state index contributed by atoms with van der Waals surface area (Å²) in [6.45, 7) is 7.28. The largest absolute Gasteiger partial charge is 0.463 e. The number of aryl methyl sites for hydroxylation is 2. The Bertz CT molecular complexity index is 874. The first kappa shape index (κ1) is 23.1. The minimum atomic E-state index is -0.594. The summed E-state index contributed by atoms with van der Waals surface area (Å²) >= 11 is 0. The lowest BCUT2D eigenvalue weighted by atomic mass is 10.0. The van der Waals surface area contributed by atoms with E-state index in [1.165, 1.54) is 0 Å². The number of amides is 2. The number of ether oxygens (including phenoxy) is 2. The topological polar surface area (TPSA) is 111 Å². The fourth-order valence-electron chi connectivity index (χ4n) is 3.08. The van der Waals surface area contributed by atoms with Gasteiger partial charge in [-0.3, -0.25) is 9.59 Å². The predicted molar refractivity (Wildman–Crippen MR) is 110 cm³/mol. The van der Waals surface area contributed by atoms with Gasteiger partial charge in [0.1, 0.15) is 6.61 Å². The van der Waals surface area contributed by atoms with Gasteiger partial charge in [0.2, 0.25) is 0 Å². The van der Waals surface area contributed by atoms with Gasteiger partial charge in [0.05, 0.1) is 30.3 Å². The van der Waals surface area contributed by atoms with Crippen molar-refractivity contribution in [3.8, 4) is 0 Å². The number of hydrogen-bond donors (Lipinski definition) is 2. The van der Waals surface area contributed by atoms with Crippen LogP contribution in [0.15, 0.2) is 29.5 Å². The highest BCUT2D eigenvalue weighted by molar-refractivity contribution is 5.98. The molecule has 2 rings (SSSR count). The molecule has 1 aromatic carbocycles. The molecule has 1 aliphatic rings. The van der Waals surface area contributed by atoms with Crippen molar-refractivity contribution < 1.29 is 28.7 Å². The molecule has 162 valence electrons. The number of ketones is 1. The number of esters is 2. The van der Waals surface area contributed by atoms with E-state index in [9.17, 15) is 19.2 Å². The Morgan fingerprint density at radius 3 is 2.40 bits per heavy atom. The minimum Gasteiger partial charge on any atom is -0.463 e. The lowest BCUT2D eigenvalue weighted by Crippen LogP contribution is -2.51. The molecule has 8 heteroatoms. The summed E-state index contributed by atoms with van der Waals surface area (Å²) in [4.78, 5) is 48.6. The number of rotatable bonds is 9. The molecule has 0 bridgehead atoms. The zero-order valence-corrected chi connectivity index (χ0v) is 17.8. The van der Waals surface area contributed by atoms with Crippen LogP contribution in [0.5, 0.6) is 0 Å². The van der Waals surface area contributed by atoms with Crippen LogP contribution in [-0.4, -0.2) is 43.0 Å². The Balaban J connectivity index is 1.99. The molecule has 0 aliphatic carbocycles. The number of carbonyl (C=O) groups is 4. The van der Waals surface area contributed by atoms with Crippen LogP contribution in [-0.2, 0) is 19.1 Å². The van der Waals surface area contributed by atoms with Crippen molar-refractivity contribution in [1.82, 2.24) is 10.6 Å². The second-order valence-electron chi connectivity index (χ2n) is 7.05. The van der Waals surface area contributed by atoms with Crippen LogP contribution >= 0.6 is 0 Å². The van der Waals surface area contributed by atoms with E-state index in [1.807, 2.05) is 26.8 Å². The lowest BCUT2D eigenvalue weighted by molar-refractivity contribution is -0.143. The number of nitrogens with one attached hydrogen (secondary N) is 2. The third-order valence-corrected chi connectivity index (χ3v) is 4.91. The summed E-state index contributed by atoms with van der Waals surface area (Å²) in [5.41, 5.74) is 3.07. The normalized spacial score (nSPS) is 15.9. The van der Waals surface area contributed by atoms with Crippen LogP contribution in [0.3, 0.4) is 0 Å². The molecule has 2 amide bonds. The van der Waals surface area contributed by atoms with Gasteiger partial charge in [-0.25, -0.2) is 9.59 Å². The monoisotopic (exact) mass is 416 g/mol. The van der Waals surface area contributed by atoms with Crippen molar-refractivity contribution in [1.29, 1.82) is 0 Å². The molecule has 0 aromatic heterocycles. The van der Waals surface area contributed by atoms with Gasteiger partial charge in [-0.2, -0.15) is 0 Å². The first-order valence-corrected chi connectivity index (χ1v) is 10.0. The van der Waals surface area contributed by atoms with E-state index < -0.39 is 24.0 Å². The van der Waals surface area contributed by atoms with Crippen molar-refractivity contribution in [2.24, 2.45) is 0 Å². The van der Waals surface area contributed by atoms with E-state index in [0.717, 1.165) is 11.1 Å². The van der Waals surface area contributed by atoms with Crippen LogP contribution in [0.2, 0.25) is 0 Å². The van der Waals surface area contributed by atoms with Gasteiger partial charge in [0.15, 0.2) is 5.78 Å². The first-order chi connectivity index (χ1) is 14.3. The summed E-state index contributed by atoms with van der Waals surface area (Å²) < 4.78 is 10.3.